The fourth-order valence-corrected chi connectivity index (χ4v) is 4.81. The lowest BCUT2D eigenvalue weighted by Gasteiger charge is -2.22. The Hall–Kier alpha value is -0.0400. The minimum absolute atomic E-state index is 0.0909. The van der Waals surface area contributed by atoms with Crippen molar-refractivity contribution in [1.82, 2.24) is 0 Å². The van der Waals surface area contributed by atoms with Crippen LogP contribution in [0.25, 0.3) is 0 Å². The lowest BCUT2D eigenvalue weighted by atomic mass is 10.2. The van der Waals surface area contributed by atoms with Crippen molar-refractivity contribution in [1.29, 1.82) is 0 Å². The molecule has 2 rings (SSSR count). The van der Waals surface area contributed by atoms with Gasteiger partial charge in [0.2, 0.25) is 0 Å². The molecule has 0 radical (unpaired) electrons. The molecule has 132 valence electrons. The number of benzene rings is 1. The molecule has 1 heterocycles. The van der Waals surface area contributed by atoms with Crippen LogP contribution in [0.15, 0.2) is 16.6 Å². The predicted molar refractivity (Wildman–Crippen MR) is 83.9 cm³/mol. The third-order valence-electron chi connectivity index (χ3n) is 2.40. The van der Waals surface area contributed by atoms with Crippen LogP contribution in [0.5, 0.6) is 0 Å². The molecule has 0 aliphatic carbocycles. The number of hydrogen-bond donors (Lipinski definition) is 1. The summed E-state index contributed by atoms with van der Waals surface area (Å²) in [6.45, 7) is 0. The van der Waals surface area contributed by atoms with Gasteiger partial charge in [-0.15, -0.1) is 23.5 Å². The van der Waals surface area contributed by atoms with Crippen LogP contribution in [-0.2, 0) is 10.1 Å². The van der Waals surface area contributed by atoms with E-state index in [9.17, 15) is 22.0 Å². The van der Waals surface area contributed by atoms with E-state index >= 15 is 0 Å². The molecule has 1 saturated heterocycles. The van der Waals surface area contributed by atoms with Crippen molar-refractivity contribution >= 4 is 49.6 Å². The molecular weight excluding hydrogens is 451 g/mol. The molecular formula is C11H10BrF5O3S3. The average molecular weight is 461 g/mol. The van der Waals surface area contributed by atoms with E-state index < -0.39 is 27.3 Å². The van der Waals surface area contributed by atoms with Gasteiger partial charge in [-0.3, -0.25) is 4.55 Å². The Kier molecular flexibility index (Phi) is 7.64. The highest BCUT2D eigenvalue weighted by atomic mass is 79.9. The zero-order valence-corrected chi connectivity index (χ0v) is 15.1. The number of rotatable bonds is 1. The van der Waals surface area contributed by atoms with Crippen LogP contribution in [0.3, 0.4) is 0 Å². The van der Waals surface area contributed by atoms with E-state index in [2.05, 4.69) is 15.9 Å². The average Bonchev–Trinajstić information content (AvgIpc) is 2.37. The van der Waals surface area contributed by atoms with Crippen LogP contribution < -0.4 is 0 Å². The molecule has 23 heavy (non-hydrogen) atoms. The Labute approximate surface area is 146 Å². The second-order valence-corrected chi connectivity index (χ2v) is 9.18. The lowest BCUT2D eigenvalue weighted by Crippen LogP contribution is -2.21. The van der Waals surface area contributed by atoms with Crippen molar-refractivity contribution < 1.29 is 34.9 Å². The van der Waals surface area contributed by atoms with Gasteiger partial charge in [-0.05, 0) is 30.1 Å². The third kappa shape index (κ3) is 6.40. The van der Waals surface area contributed by atoms with Crippen molar-refractivity contribution in [3.63, 3.8) is 0 Å². The Morgan fingerprint density at radius 3 is 1.87 bits per heavy atom. The molecule has 0 saturated carbocycles. The van der Waals surface area contributed by atoms with E-state index in [-0.39, 0.29) is 10.1 Å². The topological polar surface area (TPSA) is 54.4 Å². The molecule has 1 aliphatic heterocycles. The molecule has 0 unspecified atom stereocenters. The summed E-state index contributed by atoms with van der Waals surface area (Å²) >= 11 is 6.31. The van der Waals surface area contributed by atoms with Gasteiger partial charge in [-0.25, -0.2) is 8.78 Å². The quantitative estimate of drug-likeness (QED) is 0.363. The SMILES string of the molecule is Fc1cc(Br)cc(F)c1C1SCCCS1.O=S(=O)(O)C(F)(F)F. The third-order valence-corrected chi connectivity index (χ3v) is 6.38. The molecule has 1 aromatic rings. The molecule has 1 aromatic carbocycles. The van der Waals surface area contributed by atoms with Gasteiger partial charge in [0, 0.05) is 10.0 Å². The predicted octanol–water partition coefficient (Wildman–Crippen LogP) is 4.99. The Bertz CT molecular complexity index is 622. The first kappa shape index (κ1) is 21.0. The minimum Gasteiger partial charge on any atom is -0.279 e. The first-order valence-corrected chi connectivity index (χ1v) is 10.2. The summed E-state index contributed by atoms with van der Waals surface area (Å²) in [4.78, 5) is 0. The maximum absolute atomic E-state index is 13.6. The van der Waals surface area contributed by atoms with Gasteiger partial charge in [-0.1, -0.05) is 15.9 Å². The smallest absolute Gasteiger partial charge is 0.279 e. The van der Waals surface area contributed by atoms with Gasteiger partial charge in [0.15, 0.2) is 0 Å². The van der Waals surface area contributed by atoms with Gasteiger partial charge in [-0.2, -0.15) is 21.6 Å². The van der Waals surface area contributed by atoms with E-state index in [0.717, 1.165) is 17.9 Å². The molecule has 12 heteroatoms. The summed E-state index contributed by atoms with van der Waals surface area (Å²) in [5.74, 6) is 1.06. The summed E-state index contributed by atoms with van der Waals surface area (Å²) in [5.41, 5.74) is -5.32. The maximum atomic E-state index is 13.6. The van der Waals surface area contributed by atoms with Crippen molar-refractivity contribution in [2.75, 3.05) is 11.5 Å². The highest BCUT2D eigenvalue weighted by Crippen LogP contribution is 2.45. The largest absolute Gasteiger partial charge is 0.522 e. The van der Waals surface area contributed by atoms with Gasteiger partial charge in [0.25, 0.3) is 0 Å². The molecule has 0 atom stereocenters. The Morgan fingerprint density at radius 1 is 1.13 bits per heavy atom. The molecule has 0 aromatic heterocycles. The molecule has 0 amide bonds. The molecule has 0 spiro atoms. The van der Waals surface area contributed by atoms with Crippen molar-refractivity contribution in [3.05, 3.63) is 33.8 Å². The summed E-state index contributed by atoms with van der Waals surface area (Å²) in [6.07, 6.45) is 1.12. The van der Waals surface area contributed by atoms with Crippen LogP contribution in [-0.4, -0.2) is 30.0 Å². The second-order valence-electron chi connectivity index (χ2n) is 4.13. The number of hydrogen-bond acceptors (Lipinski definition) is 4. The van der Waals surface area contributed by atoms with Crippen LogP contribution in [0.4, 0.5) is 22.0 Å². The highest BCUT2D eigenvalue weighted by Gasteiger charge is 2.44. The van der Waals surface area contributed by atoms with Crippen LogP contribution in [0, 0.1) is 11.6 Å². The molecule has 1 aliphatic rings. The maximum Gasteiger partial charge on any atom is 0.522 e. The highest BCUT2D eigenvalue weighted by molar-refractivity contribution is 9.10. The lowest BCUT2D eigenvalue weighted by molar-refractivity contribution is -0.0510. The van der Waals surface area contributed by atoms with E-state index in [1.807, 2.05) is 0 Å². The van der Waals surface area contributed by atoms with Gasteiger partial charge >= 0.3 is 15.6 Å². The van der Waals surface area contributed by atoms with Crippen LogP contribution >= 0.6 is 39.5 Å². The summed E-state index contributed by atoms with van der Waals surface area (Å²) < 4.78 is 85.1. The van der Waals surface area contributed by atoms with E-state index in [4.69, 9.17) is 13.0 Å². The fourth-order valence-electron chi connectivity index (χ4n) is 1.43. The van der Waals surface area contributed by atoms with Crippen molar-refractivity contribution in [2.24, 2.45) is 0 Å². The number of halogens is 6. The van der Waals surface area contributed by atoms with Crippen LogP contribution in [0.2, 0.25) is 0 Å². The normalized spacial score (nSPS) is 16.7. The van der Waals surface area contributed by atoms with E-state index in [0.29, 0.717) is 4.47 Å². The first-order valence-electron chi connectivity index (χ1n) is 5.85. The molecule has 1 fully saturated rings. The number of thioether (sulfide) groups is 2. The second kappa shape index (κ2) is 8.37. The summed E-state index contributed by atoms with van der Waals surface area (Å²) in [7, 11) is -5.84. The zero-order chi connectivity index (χ0) is 17.8. The summed E-state index contributed by atoms with van der Waals surface area (Å²) in [6, 6.07) is 2.66. The molecule has 1 N–H and O–H groups in total. The van der Waals surface area contributed by atoms with E-state index in [1.54, 1.807) is 23.5 Å². The van der Waals surface area contributed by atoms with Gasteiger partial charge in [0.1, 0.15) is 11.6 Å². The Balaban J connectivity index is 0.000000284. The van der Waals surface area contributed by atoms with Crippen LogP contribution in [0.1, 0.15) is 16.6 Å². The Morgan fingerprint density at radius 2 is 1.52 bits per heavy atom. The standard InChI is InChI=1S/C10H9BrF2S2.CHF3O3S/c11-6-4-7(12)9(8(13)5-6)10-14-2-1-3-15-10;2-1(3,4)8(5,6)7/h4-5,10H,1-3H2;(H,5,6,7). The molecule has 0 bridgehead atoms. The van der Waals surface area contributed by atoms with Gasteiger partial charge < -0.3 is 0 Å². The van der Waals surface area contributed by atoms with E-state index in [1.165, 1.54) is 12.1 Å². The number of alkyl halides is 3. The first-order chi connectivity index (χ1) is 10.4. The fraction of sp³-hybridized carbons (Fsp3) is 0.455. The zero-order valence-electron chi connectivity index (χ0n) is 11.1. The van der Waals surface area contributed by atoms with Crippen molar-refractivity contribution in [2.45, 2.75) is 16.5 Å². The van der Waals surface area contributed by atoms with Crippen molar-refractivity contribution in [3.8, 4) is 0 Å². The monoisotopic (exact) mass is 460 g/mol. The molecule has 3 nitrogen and oxygen atoms in total. The minimum atomic E-state index is -5.84. The summed E-state index contributed by atoms with van der Waals surface area (Å²) in [5, 5.41) is 0. The van der Waals surface area contributed by atoms with Gasteiger partial charge in [0.05, 0.1) is 4.58 Å².